The number of hydrogen-bond donors (Lipinski definition) is 2. The zero-order valence-electron chi connectivity index (χ0n) is 9.41. The van der Waals surface area contributed by atoms with Gasteiger partial charge < -0.3 is 21.4 Å². The lowest BCUT2D eigenvalue weighted by atomic mass is 10.2. The van der Waals surface area contributed by atoms with Crippen LogP contribution >= 0.6 is 39.7 Å². The van der Waals surface area contributed by atoms with Crippen LogP contribution in [0.2, 0.25) is 0 Å². The van der Waals surface area contributed by atoms with Gasteiger partial charge in [-0.2, -0.15) is 0 Å². The Bertz CT molecular complexity index is 547. The van der Waals surface area contributed by atoms with Crippen molar-refractivity contribution >= 4 is 55.6 Å². The van der Waals surface area contributed by atoms with E-state index in [1.54, 1.807) is 7.11 Å². The highest BCUT2D eigenvalue weighted by atomic mass is 79.9. The zero-order valence-corrected chi connectivity index (χ0v) is 12.6. The van der Waals surface area contributed by atoms with Crippen molar-refractivity contribution in [2.24, 2.45) is 5.73 Å². The second-order valence-corrected chi connectivity index (χ2v) is 4.89. The first-order chi connectivity index (χ1) is 7.13. The molecule has 0 radical (unpaired) electrons. The average Bonchev–Trinajstić information content (AvgIpc) is 2.63. The molecule has 0 unspecified atom stereocenters. The zero-order chi connectivity index (χ0) is 11.0. The Morgan fingerprint density at radius 2 is 2.00 bits per heavy atom. The summed E-state index contributed by atoms with van der Waals surface area (Å²) in [5, 5.41) is 8.41. The van der Waals surface area contributed by atoms with Crippen LogP contribution in [0.4, 0.5) is 0 Å². The molecule has 7 N–H and O–H groups in total. The van der Waals surface area contributed by atoms with Crippen molar-refractivity contribution in [2.45, 2.75) is 0 Å². The van der Waals surface area contributed by atoms with Crippen LogP contribution in [0, 0.1) is 5.41 Å². The molecule has 102 valence electrons. The summed E-state index contributed by atoms with van der Waals surface area (Å²) in [5.41, 5.74) is 5.45. The van der Waals surface area contributed by atoms with Crippen LogP contribution in [0.25, 0.3) is 10.1 Å². The molecular formula is C10H14BrClN2O3S. The van der Waals surface area contributed by atoms with Crippen molar-refractivity contribution in [1.82, 2.24) is 0 Å². The second-order valence-electron chi connectivity index (χ2n) is 3.02. The summed E-state index contributed by atoms with van der Waals surface area (Å²) >= 11 is 4.98. The number of nitrogens with one attached hydrogen (secondary N) is 1. The number of amidine groups is 1. The number of methoxy groups -OCH3 is 1. The van der Waals surface area contributed by atoms with Crippen LogP contribution in [0.1, 0.15) is 4.88 Å². The largest absolute Gasteiger partial charge is 0.496 e. The minimum atomic E-state index is 0. The van der Waals surface area contributed by atoms with Gasteiger partial charge in [-0.25, -0.2) is 0 Å². The van der Waals surface area contributed by atoms with Crippen molar-refractivity contribution in [2.75, 3.05) is 7.11 Å². The summed E-state index contributed by atoms with van der Waals surface area (Å²) in [6, 6.07) is 5.76. The molecule has 0 fully saturated rings. The Balaban J connectivity index is 0. The molecule has 1 aromatic carbocycles. The summed E-state index contributed by atoms with van der Waals surface area (Å²) in [5.74, 6) is 0.887. The maximum atomic E-state index is 7.38. The second kappa shape index (κ2) is 7.55. The van der Waals surface area contributed by atoms with Gasteiger partial charge in [0.25, 0.3) is 0 Å². The quantitative estimate of drug-likeness (QED) is 0.628. The van der Waals surface area contributed by atoms with Crippen molar-refractivity contribution in [3.05, 3.63) is 27.5 Å². The van der Waals surface area contributed by atoms with E-state index in [1.807, 2.05) is 18.2 Å². The fraction of sp³-hybridized carbons (Fsp3) is 0.100. The van der Waals surface area contributed by atoms with Gasteiger partial charge >= 0.3 is 0 Å². The summed E-state index contributed by atoms with van der Waals surface area (Å²) < 4.78 is 7.19. The topological polar surface area (TPSA) is 122 Å². The molecule has 0 aliphatic carbocycles. The number of nitrogens with two attached hydrogens (primary N) is 1. The predicted octanol–water partition coefficient (Wildman–Crippen LogP) is 1.73. The van der Waals surface area contributed by atoms with Gasteiger partial charge in [-0.15, -0.1) is 23.7 Å². The molecule has 2 rings (SSSR count). The molecule has 0 bridgehead atoms. The van der Waals surface area contributed by atoms with E-state index in [9.17, 15) is 0 Å². The summed E-state index contributed by atoms with van der Waals surface area (Å²) in [6.45, 7) is 0. The van der Waals surface area contributed by atoms with Crippen molar-refractivity contribution in [3.8, 4) is 5.75 Å². The molecule has 8 heteroatoms. The Kier molecular flexibility index (Phi) is 8.17. The molecule has 0 amide bonds. The lowest BCUT2D eigenvalue weighted by Gasteiger charge is -2.02. The van der Waals surface area contributed by atoms with Crippen LogP contribution in [-0.4, -0.2) is 23.9 Å². The van der Waals surface area contributed by atoms with Crippen LogP contribution in [0.3, 0.4) is 0 Å². The first kappa shape index (κ1) is 19.5. The molecule has 1 aromatic heterocycles. The maximum absolute atomic E-state index is 7.38. The number of benzene rings is 1. The van der Waals surface area contributed by atoms with Gasteiger partial charge in [0.2, 0.25) is 0 Å². The van der Waals surface area contributed by atoms with Gasteiger partial charge in [-0.1, -0.05) is 0 Å². The molecule has 0 atom stereocenters. The van der Waals surface area contributed by atoms with Crippen molar-refractivity contribution < 1.29 is 15.7 Å². The smallest absolute Gasteiger partial charge is 0.133 e. The number of hydrogen-bond acceptors (Lipinski definition) is 3. The third kappa shape index (κ3) is 3.33. The fourth-order valence-electron chi connectivity index (χ4n) is 1.35. The third-order valence-corrected chi connectivity index (χ3v) is 4.04. The van der Waals surface area contributed by atoms with E-state index in [-0.39, 0.29) is 29.2 Å². The van der Waals surface area contributed by atoms with Gasteiger partial charge in [0.1, 0.15) is 11.6 Å². The van der Waals surface area contributed by atoms with Crippen LogP contribution in [0.5, 0.6) is 5.75 Å². The number of halogens is 2. The van der Waals surface area contributed by atoms with E-state index < -0.39 is 0 Å². The molecule has 0 aliphatic rings. The molecule has 0 spiro atoms. The molecule has 18 heavy (non-hydrogen) atoms. The normalized spacial score (nSPS) is 8.78. The fourth-order valence-corrected chi connectivity index (χ4v) is 3.03. The van der Waals surface area contributed by atoms with E-state index >= 15 is 0 Å². The predicted molar refractivity (Wildman–Crippen MR) is 81.6 cm³/mol. The molecule has 2 aromatic rings. The molecule has 0 saturated carbocycles. The molecule has 0 aliphatic heterocycles. The van der Waals surface area contributed by atoms with E-state index in [2.05, 4.69) is 15.9 Å². The van der Waals surface area contributed by atoms with Crippen molar-refractivity contribution in [1.29, 1.82) is 5.41 Å². The summed E-state index contributed by atoms with van der Waals surface area (Å²) in [4.78, 5) is 0.777. The average molecular weight is 358 g/mol. The van der Waals surface area contributed by atoms with Gasteiger partial charge in [0, 0.05) is 10.1 Å². The number of fused-ring (bicyclic) bond motifs is 1. The summed E-state index contributed by atoms with van der Waals surface area (Å²) in [7, 11) is 1.63. The maximum Gasteiger partial charge on any atom is 0.133 e. The molecular weight excluding hydrogens is 344 g/mol. The number of thiophene rings is 1. The van der Waals surface area contributed by atoms with Crippen LogP contribution < -0.4 is 10.5 Å². The van der Waals surface area contributed by atoms with Gasteiger partial charge in [-0.3, -0.25) is 5.41 Å². The van der Waals surface area contributed by atoms with Crippen LogP contribution in [0.15, 0.2) is 22.7 Å². The minimum absolute atomic E-state index is 0. The Hall–Kier alpha value is -0.860. The first-order valence-corrected chi connectivity index (χ1v) is 5.85. The highest BCUT2D eigenvalue weighted by molar-refractivity contribution is 9.10. The molecule has 0 saturated heterocycles. The SMILES string of the molecule is COc1ccc2sc(C(=N)N)cc2c1Br.Cl.O.O. The first-order valence-electron chi connectivity index (χ1n) is 4.24. The van der Waals surface area contributed by atoms with Gasteiger partial charge in [-0.05, 0) is 34.1 Å². The number of nitrogen functional groups attached to an aromatic ring is 1. The number of ether oxygens (including phenoxy) is 1. The highest BCUT2D eigenvalue weighted by Crippen LogP contribution is 2.37. The lowest BCUT2D eigenvalue weighted by molar-refractivity contribution is 0.413. The lowest BCUT2D eigenvalue weighted by Crippen LogP contribution is -2.08. The minimum Gasteiger partial charge on any atom is -0.496 e. The van der Waals surface area contributed by atoms with Crippen LogP contribution in [-0.2, 0) is 0 Å². The van der Waals surface area contributed by atoms with E-state index in [0.717, 1.165) is 25.2 Å². The highest BCUT2D eigenvalue weighted by Gasteiger charge is 2.10. The monoisotopic (exact) mass is 356 g/mol. The standard InChI is InChI=1S/C10H9BrN2OS.ClH.2H2O/c1-14-6-2-3-7-5(9(6)11)4-8(15-7)10(12)13;;;/h2-4H,1H3,(H3,12,13);1H;2*1H2. The summed E-state index contributed by atoms with van der Waals surface area (Å²) in [6.07, 6.45) is 0. The van der Waals surface area contributed by atoms with Gasteiger partial charge in [0.15, 0.2) is 0 Å². The van der Waals surface area contributed by atoms with E-state index in [0.29, 0.717) is 0 Å². The molecule has 5 nitrogen and oxygen atoms in total. The van der Waals surface area contributed by atoms with E-state index in [4.69, 9.17) is 15.9 Å². The third-order valence-electron chi connectivity index (χ3n) is 2.09. The van der Waals surface area contributed by atoms with E-state index in [1.165, 1.54) is 11.3 Å². The Labute approximate surface area is 123 Å². The number of rotatable bonds is 2. The van der Waals surface area contributed by atoms with Crippen molar-refractivity contribution in [3.63, 3.8) is 0 Å². The molecule has 1 heterocycles. The Morgan fingerprint density at radius 3 is 2.50 bits per heavy atom. The Morgan fingerprint density at radius 1 is 1.39 bits per heavy atom. The van der Waals surface area contributed by atoms with Gasteiger partial charge in [0.05, 0.1) is 16.5 Å².